The van der Waals surface area contributed by atoms with Gasteiger partial charge in [-0.15, -0.1) is 0 Å². The van der Waals surface area contributed by atoms with E-state index in [0.717, 1.165) is 5.69 Å². The van der Waals surface area contributed by atoms with Gasteiger partial charge in [-0.25, -0.2) is 9.97 Å². The molecule has 0 unspecified atom stereocenters. The molecule has 0 saturated carbocycles. The second-order valence-electron chi connectivity index (χ2n) is 3.13. The van der Waals surface area contributed by atoms with Crippen molar-refractivity contribution < 1.29 is 0 Å². The van der Waals surface area contributed by atoms with Gasteiger partial charge in [0.05, 0.1) is 10.7 Å². The number of rotatable bonds is 3. The summed E-state index contributed by atoms with van der Waals surface area (Å²) in [4.78, 5) is 7.90. The molecule has 0 bridgehead atoms. The lowest BCUT2D eigenvalue weighted by Crippen LogP contribution is -1.98. The number of nitriles is 1. The van der Waals surface area contributed by atoms with Crippen LogP contribution in [0.5, 0.6) is 0 Å². The van der Waals surface area contributed by atoms with Crippen LogP contribution in [0.25, 0.3) is 0 Å². The molecule has 17 heavy (non-hydrogen) atoms. The van der Waals surface area contributed by atoms with Crippen molar-refractivity contribution in [1.29, 1.82) is 5.26 Å². The summed E-state index contributed by atoms with van der Waals surface area (Å²) in [6.45, 7) is 0. The predicted molar refractivity (Wildman–Crippen MR) is 66.0 cm³/mol. The molecular formula is C11H8ClN5. The van der Waals surface area contributed by atoms with E-state index in [2.05, 4.69) is 20.6 Å². The van der Waals surface area contributed by atoms with E-state index >= 15 is 0 Å². The summed E-state index contributed by atoms with van der Waals surface area (Å²) < 4.78 is 0. The molecule has 1 heterocycles. The molecule has 2 N–H and O–H groups in total. The van der Waals surface area contributed by atoms with Crippen LogP contribution in [-0.2, 0) is 0 Å². The van der Waals surface area contributed by atoms with Crippen molar-refractivity contribution in [1.82, 2.24) is 9.97 Å². The third-order valence-electron chi connectivity index (χ3n) is 1.99. The molecule has 0 aliphatic heterocycles. The number of nitrogens with one attached hydrogen (secondary N) is 2. The molecule has 5 nitrogen and oxygen atoms in total. The molecule has 0 spiro atoms. The molecule has 6 heteroatoms. The average Bonchev–Trinajstić information content (AvgIpc) is 2.33. The molecule has 0 atom stereocenters. The molecule has 1 aromatic carbocycles. The van der Waals surface area contributed by atoms with Crippen LogP contribution >= 0.6 is 11.6 Å². The Hall–Kier alpha value is -2.32. The van der Waals surface area contributed by atoms with Crippen LogP contribution in [0.15, 0.2) is 36.7 Å². The number of hydrogen-bond donors (Lipinski definition) is 2. The van der Waals surface area contributed by atoms with Crippen LogP contribution in [-0.4, -0.2) is 9.97 Å². The number of nitrogens with zero attached hydrogens (tertiary/aromatic N) is 3. The van der Waals surface area contributed by atoms with Crippen molar-refractivity contribution in [3.05, 3.63) is 41.7 Å². The molecule has 84 valence electrons. The lowest BCUT2D eigenvalue weighted by molar-refractivity contribution is 1.17. The Kier molecular flexibility index (Phi) is 3.38. The monoisotopic (exact) mass is 245 g/mol. The molecule has 0 saturated heterocycles. The highest BCUT2D eigenvalue weighted by Crippen LogP contribution is 2.24. The first-order valence-corrected chi connectivity index (χ1v) is 5.16. The summed E-state index contributed by atoms with van der Waals surface area (Å²) in [5.41, 5.74) is 0.746. The summed E-state index contributed by atoms with van der Waals surface area (Å²) in [6.07, 6.45) is 3.15. The SMILES string of the molecule is N#CNc1cc(Nc2ccccc2Cl)ncn1. The maximum atomic E-state index is 8.48. The Morgan fingerprint density at radius 2 is 1.94 bits per heavy atom. The fourth-order valence-corrected chi connectivity index (χ4v) is 1.43. The van der Waals surface area contributed by atoms with E-state index in [0.29, 0.717) is 16.7 Å². The molecule has 0 radical (unpaired) electrons. The first-order chi connectivity index (χ1) is 8.29. The second kappa shape index (κ2) is 5.14. The van der Waals surface area contributed by atoms with Crippen molar-refractivity contribution in [2.24, 2.45) is 0 Å². The van der Waals surface area contributed by atoms with Gasteiger partial charge < -0.3 is 5.32 Å². The molecule has 2 rings (SSSR count). The van der Waals surface area contributed by atoms with Crippen molar-refractivity contribution in [3.8, 4) is 6.19 Å². The van der Waals surface area contributed by atoms with Crippen LogP contribution in [0, 0.1) is 11.5 Å². The molecule has 0 aliphatic rings. The van der Waals surface area contributed by atoms with Crippen LogP contribution in [0.3, 0.4) is 0 Å². The lowest BCUT2D eigenvalue weighted by Gasteiger charge is -2.07. The largest absolute Gasteiger partial charge is 0.339 e. The van der Waals surface area contributed by atoms with Gasteiger partial charge in [0.1, 0.15) is 18.0 Å². The van der Waals surface area contributed by atoms with Gasteiger partial charge >= 0.3 is 0 Å². The number of aromatic nitrogens is 2. The highest BCUT2D eigenvalue weighted by molar-refractivity contribution is 6.33. The summed E-state index contributed by atoms with van der Waals surface area (Å²) in [7, 11) is 0. The Morgan fingerprint density at radius 1 is 1.18 bits per heavy atom. The van der Waals surface area contributed by atoms with Gasteiger partial charge in [-0.2, -0.15) is 5.26 Å². The van der Waals surface area contributed by atoms with Gasteiger partial charge in [-0.3, -0.25) is 5.32 Å². The topological polar surface area (TPSA) is 73.6 Å². The first-order valence-electron chi connectivity index (χ1n) is 4.78. The fraction of sp³-hybridized carbons (Fsp3) is 0. The Bertz CT molecular complexity index is 564. The van der Waals surface area contributed by atoms with E-state index in [-0.39, 0.29) is 0 Å². The van der Waals surface area contributed by atoms with Gasteiger partial charge in [0.25, 0.3) is 0 Å². The molecular weight excluding hydrogens is 238 g/mol. The van der Waals surface area contributed by atoms with Crippen LogP contribution in [0.4, 0.5) is 17.3 Å². The number of benzene rings is 1. The maximum Gasteiger partial charge on any atom is 0.182 e. The minimum Gasteiger partial charge on any atom is -0.339 e. The lowest BCUT2D eigenvalue weighted by atomic mass is 10.3. The molecule has 0 amide bonds. The predicted octanol–water partition coefficient (Wildman–Crippen LogP) is 2.77. The minimum absolute atomic E-state index is 0.428. The third-order valence-corrected chi connectivity index (χ3v) is 2.32. The zero-order chi connectivity index (χ0) is 12.1. The number of halogens is 1. The minimum atomic E-state index is 0.428. The van der Waals surface area contributed by atoms with Gasteiger partial charge in [-0.1, -0.05) is 23.7 Å². The van der Waals surface area contributed by atoms with Crippen molar-refractivity contribution >= 4 is 28.9 Å². The quantitative estimate of drug-likeness (QED) is 0.643. The van der Waals surface area contributed by atoms with Gasteiger partial charge in [0.15, 0.2) is 6.19 Å². The van der Waals surface area contributed by atoms with Gasteiger partial charge in [-0.05, 0) is 12.1 Å². The van der Waals surface area contributed by atoms with E-state index < -0.39 is 0 Å². The standard InChI is InChI=1S/C11H8ClN5/c12-8-3-1-2-4-9(8)17-11-5-10(14-6-13)15-7-16-11/h1-5,7H,(H2,14,15,16,17). The van der Waals surface area contributed by atoms with Crippen LogP contribution in [0.1, 0.15) is 0 Å². The Morgan fingerprint density at radius 3 is 2.71 bits per heavy atom. The van der Waals surface area contributed by atoms with Crippen molar-refractivity contribution in [2.75, 3.05) is 10.6 Å². The van der Waals surface area contributed by atoms with Crippen molar-refractivity contribution in [3.63, 3.8) is 0 Å². The van der Waals surface area contributed by atoms with Crippen LogP contribution < -0.4 is 10.6 Å². The normalized spacial score (nSPS) is 9.41. The van der Waals surface area contributed by atoms with Gasteiger partial charge in [0.2, 0.25) is 0 Å². The Balaban J connectivity index is 2.22. The van der Waals surface area contributed by atoms with Gasteiger partial charge in [0, 0.05) is 6.07 Å². The zero-order valence-electron chi connectivity index (χ0n) is 8.68. The van der Waals surface area contributed by atoms with E-state index in [1.54, 1.807) is 18.3 Å². The molecule has 1 aromatic heterocycles. The third kappa shape index (κ3) is 2.83. The first kappa shape index (κ1) is 11.2. The average molecular weight is 246 g/mol. The van der Waals surface area contributed by atoms with E-state index in [1.807, 2.05) is 18.2 Å². The van der Waals surface area contributed by atoms with Crippen LogP contribution in [0.2, 0.25) is 5.02 Å². The zero-order valence-corrected chi connectivity index (χ0v) is 9.44. The molecule has 2 aromatic rings. The number of para-hydroxylation sites is 1. The summed E-state index contributed by atoms with van der Waals surface area (Å²) in [5, 5.41) is 14.5. The summed E-state index contributed by atoms with van der Waals surface area (Å²) >= 11 is 6.00. The van der Waals surface area contributed by atoms with E-state index in [4.69, 9.17) is 16.9 Å². The summed E-state index contributed by atoms with van der Waals surface area (Å²) in [6, 6.07) is 8.94. The number of hydrogen-bond acceptors (Lipinski definition) is 5. The van der Waals surface area contributed by atoms with E-state index in [9.17, 15) is 0 Å². The smallest absolute Gasteiger partial charge is 0.182 e. The van der Waals surface area contributed by atoms with Crippen molar-refractivity contribution in [2.45, 2.75) is 0 Å². The van der Waals surface area contributed by atoms with E-state index in [1.165, 1.54) is 6.33 Å². The summed E-state index contributed by atoms with van der Waals surface area (Å²) in [5.74, 6) is 0.989. The fourth-order valence-electron chi connectivity index (χ4n) is 1.25. The highest BCUT2D eigenvalue weighted by atomic mass is 35.5. The Labute approximate surface area is 103 Å². The molecule has 0 aliphatic carbocycles. The molecule has 0 fully saturated rings. The highest BCUT2D eigenvalue weighted by Gasteiger charge is 2.01. The number of anilines is 3. The maximum absolute atomic E-state index is 8.48. The second-order valence-corrected chi connectivity index (χ2v) is 3.54.